The van der Waals surface area contributed by atoms with Crippen LogP contribution in [0.5, 0.6) is 0 Å². The first-order valence-corrected chi connectivity index (χ1v) is 12.7. The van der Waals surface area contributed by atoms with E-state index in [1.165, 1.54) is 18.2 Å². The molecule has 3 heterocycles. The van der Waals surface area contributed by atoms with E-state index < -0.39 is 23.5 Å². The second-order valence-electron chi connectivity index (χ2n) is 9.60. The van der Waals surface area contributed by atoms with E-state index in [4.69, 9.17) is 0 Å². The average Bonchev–Trinajstić information content (AvgIpc) is 3.15. The number of amides is 1. The van der Waals surface area contributed by atoms with E-state index >= 15 is 0 Å². The number of alkyl halides is 6. The third kappa shape index (κ3) is 8.23. The number of hydrogen-bond donors (Lipinski definition) is 0. The lowest BCUT2D eigenvalue weighted by Crippen LogP contribution is -2.46. The molecular weight excluding hydrogens is 524 g/mol. The minimum absolute atomic E-state index is 0. The standard InChI is InChI=1S/C26H31F6N5O.CH4/c27-25(28,29)20-4-7-22(8-5-20)35-15-13-34(14-16-35)10-1-3-24(38)37-12-2-11-36(17-18-37)23-9-6-21(19-33-23)26(30,31)32;/h4-9,19H,1-3,10-18H2;1H4. The van der Waals surface area contributed by atoms with Crippen LogP contribution in [-0.2, 0) is 17.1 Å². The van der Waals surface area contributed by atoms with Gasteiger partial charge in [0.05, 0.1) is 11.1 Å². The Balaban J connectivity index is 0.00000420. The average molecular weight is 560 g/mol. The summed E-state index contributed by atoms with van der Waals surface area (Å²) < 4.78 is 76.7. The number of carbonyl (C=O) groups is 1. The van der Waals surface area contributed by atoms with Crippen LogP contribution >= 0.6 is 0 Å². The summed E-state index contributed by atoms with van der Waals surface area (Å²) in [4.78, 5) is 24.8. The fourth-order valence-corrected chi connectivity index (χ4v) is 4.84. The molecule has 0 saturated carbocycles. The van der Waals surface area contributed by atoms with Crippen LogP contribution in [0, 0.1) is 0 Å². The van der Waals surface area contributed by atoms with Crippen molar-refractivity contribution >= 4 is 17.4 Å². The zero-order chi connectivity index (χ0) is 27.3. The Morgan fingerprint density at radius 3 is 1.95 bits per heavy atom. The number of benzene rings is 1. The van der Waals surface area contributed by atoms with Crippen LogP contribution in [-0.4, -0.2) is 79.6 Å². The van der Waals surface area contributed by atoms with Crippen LogP contribution in [0.1, 0.15) is 37.8 Å². The van der Waals surface area contributed by atoms with Crippen LogP contribution in [0.2, 0.25) is 0 Å². The summed E-state index contributed by atoms with van der Waals surface area (Å²) in [5.41, 5.74) is -0.665. The van der Waals surface area contributed by atoms with Gasteiger partial charge in [0.2, 0.25) is 5.91 Å². The third-order valence-corrected chi connectivity index (χ3v) is 7.04. The van der Waals surface area contributed by atoms with Gasteiger partial charge in [0.25, 0.3) is 0 Å². The van der Waals surface area contributed by atoms with Crippen molar-refractivity contribution in [3.05, 3.63) is 53.7 Å². The normalized spacial score (nSPS) is 17.5. The van der Waals surface area contributed by atoms with Crippen LogP contribution in [0.25, 0.3) is 0 Å². The summed E-state index contributed by atoms with van der Waals surface area (Å²) in [6.07, 6.45) is -6.10. The van der Waals surface area contributed by atoms with Gasteiger partial charge in [0.1, 0.15) is 5.82 Å². The molecule has 39 heavy (non-hydrogen) atoms. The molecule has 2 aliphatic heterocycles. The predicted octanol–water partition coefficient (Wildman–Crippen LogP) is 5.40. The van der Waals surface area contributed by atoms with Crippen molar-refractivity contribution in [2.45, 2.75) is 39.0 Å². The SMILES string of the molecule is C.O=C(CCCN1CCN(c2ccc(C(F)(F)F)cc2)CC1)N1CCCN(c2ccc(C(F)(F)F)cn2)CC1. The number of aromatic nitrogens is 1. The van der Waals surface area contributed by atoms with E-state index in [0.29, 0.717) is 64.3 Å². The molecule has 0 aliphatic carbocycles. The zero-order valence-electron chi connectivity index (χ0n) is 20.9. The second kappa shape index (κ2) is 12.9. The van der Waals surface area contributed by atoms with E-state index in [1.54, 1.807) is 0 Å². The van der Waals surface area contributed by atoms with Crippen LogP contribution in [0.4, 0.5) is 37.8 Å². The van der Waals surface area contributed by atoms with Gasteiger partial charge < -0.3 is 14.7 Å². The molecule has 0 spiro atoms. The predicted molar refractivity (Wildman–Crippen MR) is 139 cm³/mol. The van der Waals surface area contributed by atoms with Gasteiger partial charge in [-0.05, 0) is 55.8 Å². The van der Waals surface area contributed by atoms with E-state index in [9.17, 15) is 31.1 Å². The van der Waals surface area contributed by atoms with E-state index in [-0.39, 0.29) is 13.3 Å². The quantitative estimate of drug-likeness (QED) is 0.444. The molecule has 1 aromatic carbocycles. The summed E-state index contributed by atoms with van der Waals surface area (Å²) in [6.45, 7) is 5.94. The lowest BCUT2D eigenvalue weighted by atomic mass is 10.1. The maximum atomic E-state index is 12.8. The Hall–Kier alpha value is -3.02. The molecule has 2 saturated heterocycles. The largest absolute Gasteiger partial charge is 0.417 e. The molecule has 0 atom stereocenters. The molecular formula is C27H35F6N5O. The Bertz CT molecular complexity index is 1050. The van der Waals surface area contributed by atoms with Crippen LogP contribution in [0.3, 0.4) is 0 Å². The molecule has 0 N–H and O–H groups in total. The topological polar surface area (TPSA) is 42.9 Å². The van der Waals surface area contributed by atoms with Gasteiger partial charge in [0.15, 0.2) is 0 Å². The lowest BCUT2D eigenvalue weighted by Gasteiger charge is -2.36. The number of rotatable bonds is 6. The fraction of sp³-hybridized carbons (Fsp3) is 0.556. The molecule has 0 radical (unpaired) electrons. The summed E-state index contributed by atoms with van der Waals surface area (Å²) >= 11 is 0. The van der Waals surface area contributed by atoms with Crippen LogP contribution < -0.4 is 9.80 Å². The molecule has 0 bridgehead atoms. The van der Waals surface area contributed by atoms with Crippen molar-refractivity contribution in [1.82, 2.24) is 14.8 Å². The molecule has 1 aromatic heterocycles. The monoisotopic (exact) mass is 559 g/mol. The summed E-state index contributed by atoms with van der Waals surface area (Å²) in [6, 6.07) is 7.63. The first-order valence-electron chi connectivity index (χ1n) is 12.7. The van der Waals surface area contributed by atoms with Crippen molar-refractivity contribution in [3.8, 4) is 0 Å². The molecule has 1 amide bonds. The highest BCUT2D eigenvalue weighted by atomic mass is 19.4. The lowest BCUT2D eigenvalue weighted by molar-refractivity contribution is -0.138. The summed E-state index contributed by atoms with van der Waals surface area (Å²) in [7, 11) is 0. The third-order valence-electron chi connectivity index (χ3n) is 7.04. The number of carbonyl (C=O) groups excluding carboxylic acids is 1. The first-order chi connectivity index (χ1) is 18.0. The van der Waals surface area contributed by atoms with E-state index in [2.05, 4.69) is 14.8 Å². The number of nitrogens with zero attached hydrogens (tertiary/aromatic N) is 5. The van der Waals surface area contributed by atoms with Gasteiger partial charge in [-0.2, -0.15) is 26.3 Å². The maximum absolute atomic E-state index is 12.8. The van der Waals surface area contributed by atoms with Gasteiger partial charge in [-0.25, -0.2) is 4.98 Å². The molecule has 4 rings (SSSR count). The maximum Gasteiger partial charge on any atom is 0.417 e. The number of piperazine rings is 1. The Kier molecular flexibility index (Phi) is 10.1. The molecule has 0 unspecified atom stereocenters. The van der Waals surface area contributed by atoms with E-state index in [0.717, 1.165) is 49.7 Å². The Morgan fingerprint density at radius 2 is 1.36 bits per heavy atom. The molecule has 2 fully saturated rings. The molecule has 12 heteroatoms. The molecule has 6 nitrogen and oxygen atoms in total. The first kappa shape index (κ1) is 30.5. The second-order valence-corrected chi connectivity index (χ2v) is 9.60. The molecule has 216 valence electrons. The van der Waals surface area contributed by atoms with Crippen molar-refractivity contribution in [2.75, 3.05) is 68.7 Å². The summed E-state index contributed by atoms with van der Waals surface area (Å²) in [5.74, 6) is 0.540. The Morgan fingerprint density at radius 1 is 0.744 bits per heavy atom. The van der Waals surface area contributed by atoms with Crippen molar-refractivity contribution in [1.29, 1.82) is 0 Å². The number of halogens is 6. The van der Waals surface area contributed by atoms with Gasteiger partial charge in [-0.3, -0.25) is 9.69 Å². The molecule has 2 aliphatic rings. The summed E-state index contributed by atoms with van der Waals surface area (Å²) in [5, 5.41) is 0. The minimum Gasteiger partial charge on any atom is -0.369 e. The minimum atomic E-state index is -4.42. The van der Waals surface area contributed by atoms with Crippen molar-refractivity contribution in [2.24, 2.45) is 0 Å². The van der Waals surface area contributed by atoms with Crippen molar-refractivity contribution in [3.63, 3.8) is 0 Å². The highest BCUT2D eigenvalue weighted by Gasteiger charge is 2.31. The highest BCUT2D eigenvalue weighted by molar-refractivity contribution is 5.76. The number of pyridine rings is 1. The van der Waals surface area contributed by atoms with Gasteiger partial charge in [0, 0.05) is 70.7 Å². The number of hydrogen-bond acceptors (Lipinski definition) is 5. The van der Waals surface area contributed by atoms with Gasteiger partial charge >= 0.3 is 12.4 Å². The van der Waals surface area contributed by atoms with Gasteiger partial charge in [-0.15, -0.1) is 0 Å². The van der Waals surface area contributed by atoms with Gasteiger partial charge in [-0.1, -0.05) is 7.43 Å². The van der Waals surface area contributed by atoms with Crippen molar-refractivity contribution < 1.29 is 31.1 Å². The van der Waals surface area contributed by atoms with Crippen LogP contribution in [0.15, 0.2) is 42.6 Å². The fourth-order valence-electron chi connectivity index (χ4n) is 4.84. The highest BCUT2D eigenvalue weighted by Crippen LogP contribution is 2.31. The van der Waals surface area contributed by atoms with E-state index in [1.807, 2.05) is 9.80 Å². The smallest absolute Gasteiger partial charge is 0.369 e. The Labute approximate surface area is 225 Å². The zero-order valence-corrected chi connectivity index (χ0v) is 20.9. The molecule has 2 aromatic rings. The number of anilines is 2.